The molecule has 0 bridgehead atoms. The molecule has 2 fully saturated rings. The van der Waals surface area contributed by atoms with Crippen molar-refractivity contribution in [2.75, 3.05) is 0 Å². The Kier molecular flexibility index (Phi) is 3.37. The summed E-state index contributed by atoms with van der Waals surface area (Å²) in [5, 5.41) is 3.78. The lowest BCUT2D eigenvalue weighted by molar-refractivity contribution is 0.0926. The van der Waals surface area contributed by atoms with Crippen LogP contribution < -0.4 is 5.32 Å². The van der Waals surface area contributed by atoms with E-state index in [1.165, 1.54) is 25.7 Å². The summed E-state index contributed by atoms with van der Waals surface area (Å²) in [6.45, 7) is 0. The predicted molar refractivity (Wildman–Crippen MR) is 75.9 cm³/mol. The molecule has 18 heavy (non-hydrogen) atoms. The first-order valence-electron chi connectivity index (χ1n) is 6.40. The number of carbonyl (C=O) groups is 1. The summed E-state index contributed by atoms with van der Waals surface area (Å²) in [4.78, 5) is 12.2. The van der Waals surface area contributed by atoms with Crippen molar-refractivity contribution in [2.45, 2.75) is 31.7 Å². The molecule has 1 aromatic carbocycles. The summed E-state index contributed by atoms with van der Waals surface area (Å²) < 4.78 is 0.842. The van der Waals surface area contributed by atoms with Crippen molar-refractivity contribution in [3.8, 4) is 0 Å². The van der Waals surface area contributed by atoms with Gasteiger partial charge in [0, 0.05) is 21.1 Å². The SMILES string of the molecule is O=C(NC(C1CC1)C1CC1)c1cc(Cl)cc(Br)c1. The lowest BCUT2D eigenvalue weighted by Gasteiger charge is -2.17. The Labute approximate surface area is 120 Å². The molecule has 2 aliphatic rings. The monoisotopic (exact) mass is 327 g/mol. The van der Waals surface area contributed by atoms with Crippen molar-refractivity contribution in [2.24, 2.45) is 11.8 Å². The molecule has 0 spiro atoms. The van der Waals surface area contributed by atoms with Crippen molar-refractivity contribution in [1.29, 1.82) is 0 Å². The van der Waals surface area contributed by atoms with Gasteiger partial charge in [-0.15, -0.1) is 0 Å². The summed E-state index contributed by atoms with van der Waals surface area (Å²) in [6.07, 6.45) is 5.06. The van der Waals surface area contributed by atoms with Crippen LogP contribution in [0, 0.1) is 11.8 Å². The van der Waals surface area contributed by atoms with Gasteiger partial charge >= 0.3 is 0 Å². The van der Waals surface area contributed by atoms with Crippen LogP contribution in [0.5, 0.6) is 0 Å². The fourth-order valence-corrected chi connectivity index (χ4v) is 3.31. The minimum Gasteiger partial charge on any atom is -0.349 e. The number of amides is 1. The molecular formula is C14H15BrClNO. The minimum absolute atomic E-state index is 0.00185. The van der Waals surface area contributed by atoms with E-state index in [9.17, 15) is 4.79 Å². The van der Waals surface area contributed by atoms with E-state index in [1.807, 2.05) is 6.07 Å². The molecule has 4 heteroatoms. The third-order valence-electron chi connectivity index (χ3n) is 3.68. The van der Waals surface area contributed by atoms with Gasteiger partial charge in [-0.3, -0.25) is 4.79 Å². The van der Waals surface area contributed by atoms with Gasteiger partial charge in [0.1, 0.15) is 0 Å². The topological polar surface area (TPSA) is 29.1 Å². The maximum Gasteiger partial charge on any atom is 0.251 e. The van der Waals surface area contributed by atoms with Crippen molar-refractivity contribution >= 4 is 33.4 Å². The van der Waals surface area contributed by atoms with E-state index in [4.69, 9.17) is 11.6 Å². The smallest absolute Gasteiger partial charge is 0.251 e. The van der Waals surface area contributed by atoms with Gasteiger partial charge in [-0.25, -0.2) is 0 Å². The molecule has 2 nitrogen and oxygen atoms in total. The number of carbonyl (C=O) groups excluding carboxylic acids is 1. The van der Waals surface area contributed by atoms with E-state index in [2.05, 4.69) is 21.2 Å². The van der Waals surface area contributed by atoms with E-state index < -0.39 is 0 Å². The molecule has 1 N–H and O–H groups in total. The van der Waals surface area contributed by atoms with Gasteiger partial charge in [-0.1, -0.05) is 27.5 Å². The van der Waals surface area contributed by atoms with Crippen LogP contribution in [-0.4, -0.2) is 11.9 Å². The Morgan fingerprint density at radius 1 is 1.22 bits per heavy atom. The van der Waals surface area contributed by atoms with Gasteiger partial charge in [0.25, 0.3) is 5.91 Å². The fourth-order valence-electron chi connectivity index (χ4n) is 2.45. The Balaban J connectivity index is 1.72. The van der Waals surface area contributed by atoms with E-state index in [0.29, 0.717) is 28.5 Å². The number of hydrogen-bond acceptors (Lipinski definition) is 1. The summed E-state index contributed by atoms with van der Waals surface area (Å²) in [6, 6.07) is 5.71. The van der Waals surface area contributed by atoms with E-state index in [-0.39, 0.29) is 5.91 Å². The molecule has 2 aliphatic carbocycles. The van der Waals surface area contributed by atoms with E-state index >= 15 is 0 Å². The highest BCUT2D eigenvalue weighted by Gasteiger charge is 2.42. The van der Waals surface area contributed by atoms with Crippen LogP contribution in [0.25, 0.3) is 0 Å². The number of rotatable bonds is 4. The van der Waals surface area contributed by atoms with Gasteiger partial charge in [0.15, 0.2) is 0 Å². The Bertz CT molecular complexity index is 450. The first kappa shape index (κ1) is 12.5. The zero-order valence-electron chi connectivity index (χ0n) is 9.96. The van der Waals surface area contributed by atoms with Crippen LogP contribution in [-0.2, 0) is 0 Å². The van der Waals surface area contributed by atoms with Crippen molar-refractivity contribution in [1.82, 2.24) is 5.32 Å². The third kappa shape index (κ3) is 2.89. The van der Waals surface area contributed by atoms with Gasteiger partial charge < -0.3 is 5.32 Å². The second kappa shape index (κ2) is 4.86. The first-order chi connectivity index (χ1) is 8.63. The Morgan fingerprint density at radius 3 is 2.33 bits per heavy atom. The number of hydrogen-bond donors (Lipinski definition) is 1. The maximum absolute atomic E-state index is 12.2. The highest BCUT2D eigenvalue weighted by molar-refractivity contribution is 9.10. The van der Waals surface area contributed by atoms with Crippen LogP contribution in [0.4, 0.5) is 0 Å². The highest BCUT2D eigenvalue weighted by atomic mass is 79.9. The largest absolute Gasteiger partial charge is 0.349 e. The summed E-state index contributed by atoms with van der Waals surface area (Å²) >= 11 is 9.34. The van der Waals surface area contributed by atoms with Gasteiger partial charge in [-0.2, -0.15) is 0 Å². The molecule has 0 aliphatic heterocycles. The van der Waals surface area contributed by atoms with E-state index in [1.54, 1.807) is 12.1 Å². The standard InChI is InChI=1S/C14H15BrClNO/c15-11-5-10(6-12(16)7-11)14(18)17-13(8-1-2-8)9-3-4-9/h5-9,13H,1-4H2,(H,17,18). The van der Waals surface area contributed by atoms with Gasteiger partial charge in [0.2, 0.25) is 0 Å². The zero-order valence-corrected chi connectivity index (χ0v) is 12.3. The molecule has 2 saturated carbocycles. The molecule has 1 amide bonds. The number of nitrogens with one attached hydrogen (secondary N) is 1. The normalized spacial score (nSPS) is 19.1. The molecular weight excluding hydrogens is 314 g/mol. The lowest BCUT2D eigenvalue weighted by Crippen LogP contribution is -2.38. The van der Waals surface area contributed by atoms with Crippen LogP contribution in [0.2, 0.25) is 5.02 Å². The second-order valence-corrected chi connectivity index (χ2v) is 6.68. The van der Waals surface area contributed by atoms with Crippen molar-refractivity contribution in [3.05, 3.63) is 33.3 Å². The molecule has 0 radical (unpaired) electrons. The fraction of sp³-hybridized carbons (Fsp3) is 0.500. The minimum atomic E-state index is 0.00185. The molecule has 0 atom stereocenters. The first-order valence-corrected chi connectivity index (χ1v) is 7.57. The average Bonchev–Trinajstić information content (AvgIpc) is 3.14. The Hall–Kier alpha value is -0.540. The summed E-state index contributed by atoms with van der Waals surface area (Å²) in [5.74, 6) is 1.43. The quantitative estimate of drug-likeness (QED) is 0.888. The van der Waals surface area contributed by atoms with Crippen molar-refractivity contribution in [3.63, 3.8) is 0 Å². The molecule has 96 valence electrons. The van der Waals surface area contributed by atoms with Crippen LogP contribution >= 0.6 is 27.5 Å². The molecule has 0 aromatic heterocycles. The molecule has 0 saturated heterocycles. The lowest BCUT2D eigenvalue weighted by atomic mass is 10.1. The van der Waals surface area contributed by atoms with Crippen LogP contribution in [0.1, 0.15) is 36.0 Å². The molecule has 0 heterocycles. The summed E-state index contributed by atoms with van der Waals surface area (Å²) in [5.41, 5.74) is 0.640. The van der Waals surface area contributed by atoms with Crippen LogP contribution in [0.15, 0.2) is 22.7 Å². The predicted octanol–water partition coefficient (Wildman–Crippen LogP) is 4.02. The highest BCUT2D eigenvalue weighted by Crippen LogP contribution is 2.44. The molecule has 1 aromatic rings. The molecule has 3 rings (SSSR count). The average molecular weight is 329 g/mol. The third-order valence-corrected chi connectivity index (χ3v) is 4.36. The second-order valence-electron chi connectivity index (χ2n) is 5.33. The van der Waals surface area contributed by atoms with Crippen LogP contribution in [0.3, 0.4) is 0 Å². The zero-order chi connectivity index (χ0) is 12.7. The Morgan fingerprint density at radius 2 is 1.83 bits per heavy atom. The molecule has 0 unspecified atom stereocenters. The van der Waals surface area contributed by atoms with Gasteiger partial charge in [0.05, 0.1) is 0 Å². The maximum atomic E-state index is 12.2. The summed E-state index contributed by atoms with van der Waals surface area (Å²) in [7, 11) is 0. The number of benzene rings is 1. The van der Waals surface area contributed by atoms with Crippen molar-refractivity contribution < 1.29 is 4.79 Å². The van der Waals surface area contributed by atoms with E-state index in [0.717, 1.165) is 4.47 Å². The number of halogens is 2. The van der Waals surface area contributed by atoms with Gasteiger partial charge in [-0.05, 0) is 55.7 Å².